The molecule has 1 aromatic carbocycles. The van der Waals surface area contributed by atoms with Gasteiger partial charge >= 0.3 is 6.03 Å². The quantitative estimate of drug-likeness (QED) is 0.882. The van der Waals surface area contributed by atoms with E-state index in [0.29, 0.717) is 13.1 Å². The molecule has 2 aromatic rings. The van der Waals surface area contributed by atoms with Gasteiger partial charge in [0.2, 0.25) is 0 Å². The lowest BCUT2D eigenvalue weighted by molar-refractivity contribution is 0.188. The van der Waals surface area contributed by atoms with Gasteiger partial charge in [-0.25, -0.2) is 9.78 Å². The maximum atomic E-state index is 12.1. The monoisotopic (exact) mass is 333 g/mol. The van der Waals surface area contributed by atoms with Crippen LogP contribution in [0, 0.1) is 13.8 Å². The number of nitrogens with zero attached hydrogens (tertiary/aromatic N) is 2. The molecule has 0 spiro atoms. The third-order valence-electron chi connectivity index (χ3n) is 3.35. The summed E-state index contributed by atoms with van der Waals surface area (Å²) in [6, 6.07) is 7.73. The second-order valence-corrected chi connectivity index (χ2v) is 6.56. The summed E-state index contributed by atoms with van der Waals surface area (Å²) in [7, 11) is 1.76. The summed E-state index contributed by atoms with van der Waals surface area (Å²) >= 11 is 1.57. The van der Waals surface area contributed by atoms with E-state index in [1.54, 1.807) is 23.3 Å². The number of rotatable bonds is 6. The molecule has 0 saturated carbocycles. The molecule has 0 aliphatic heterocycles. The summed E-state index contributed by atoms with van der Waals surface area (Å²) in [6.45, 7) is 6.86. The highest BCUT2D eigenvalue weighted by Gasteiger charge is 2.13. The predicted octanol–water partition coefficient (Wildman–Crippen LogP) is 3.37. The van der Waals surface area contributed by atoms with E-state index in [1.165, 1.54) is 0 Å². The molecule has 0 fully saturated rings. The summed E-state index contributed by atoms with van der Waals surface area (Å²) in [5.74, 6) is 0.848. The van der Waals surface area contributed by atoms with E-state index in [-0.39, 0.29) is 12.1 Å². The highest BCUT2D eigenvalue weighted by molar-refractivity contribution is 7.09. The van der Waals surface area contributed by atoms with E-state index in [0.717, 1.165) is 22.0 Å². The number of hydrogen-bond donors (Lipinski definition) is 1. The molecule has 0 radical (unpaired) electrons. The molecule has 124 valence electrons. The van der Waals surface area contributed by atoms with Crippen LogP contribution in [-0.4, -0.2) is 35.6 Å². The van der Waals surface area contributed by atoms with Crippen LogP contribution >= 0.6 is 11.3 Å². The lowest BCUT2D eigenvalue weighted by Crippen LogP contribution is -2.41. The average molecular weight is 333 g/mol. The number of nitrogens with one attached hydrogen (secondary N) is 1. The van der Waals surface area contributed by atoms with Crippen LogP contribution in [0.15, 0.2) is 29.6 Å². The fourth-order valence-corrected chi connectivity index (χ4v) is 2.89. The number of para-hydroxylation sites is 1. The Kier molecular flexibility index (Phi) is 5.98. The molecule has 0 aliphatic carbocycles. The normalized spacial score (nSPS) is 11.8. The second kappa shape index (κ2) is 7.97. The summed E-state index contributed by atoms with van der Waals surface area (Å²) in [5.41, 5.74) is 2.07. The van der Waals surface area contributed by atoms with E-state index in [4.69, 9.17) is 4.74 Å². The standard InChI is InChI=1S/C17H23N3O2S/c1-12-7-5-6-8-15(12)22-14(3)9-18-17(21)20(4)10-16-19-13(2)11-23-16/h5-8,11,14H,9-10H2,1-4H3,(H,18,21)/t14-/m1/s1. The van der Waals surface area contributed by atoms with Gasteiger partial charge in [0.1, 0.15) is 16.9 Å². The summed E-state index contributed by atoms with van der Waals surface area (Å²) in [4.78, 5) is 18.1. The van der Waals surface area contributed by atoms with Crippen molar-refractivity contribution in [1.82, 2.24) is 15.2 Å². The summed E-state index contributed by atoms with van der Waals surface area (Å²) in [5, 5.41) is 5.81. The molecule has 1 N–H and O–H groups in total. The van der Waals surface area contributed by atoms with Crippen LogP contribution in [0.25, 0.3) is 0 Å². The van der Waals surface area contributed by atoms with Gasteiger partial charge in [0, 0.05) is 18.1 Å². The number of aromatic nitrogens is 1. The summed E-state index contributed by atoms with van der Waals surface area (Å²) in [6.07, 6.45) is -0.101. The minimum Gasteiger partial charge on any atom is -0.489 e. The number of benzene rings is 1. The lowest BCUT2D eigenvalue weighted by Gasteiger charge is -2.20. The van der Waals surface area contributed by atoms with Crippen molar-refractivity contribution in [3.8, 4) is 5.75 Å². The Morgan fingerprint density at radius 1 is 1.39 bits per heavy atom. The molecule has 5 nitrogen and oxygen atoms in total. The van der Waals surface area contributed by atoms with Crippen LogP contribution in [0.3, 0.4) is 0 Å². The van der Waals surface area contributed by atoms with Gasteiger partial charge in [-0.15, -0.1) is 11.3 Å². The van der Waals surface area contributed by atoms with Gasteiger partial charge < -0.3 is 15.0 Å². The fourth-order valence-electron chi connectivity index (χ4n) is 2.06. The van der Waals surface area contributed by atoms with Crippen molar-refractivity contribution in [2.75, 3.05) is 13.6 Å². The van der Waals surface area contributed by atoms with Crippen LogP contribution in [-0.2, 0) is 6.54 Å². The average Bonchev–Trinajstić information content (AvgIpc) is 2.92. The molecule has 0 aliphatic rings. The van der Waals surface area contributed by atoms with Crippen molar-refractivity contribution in [2.45, 2.75) is 33.4 Å². The molecular weight excluding hydrogens is 310 g/mol. The molecule has 1 aromatic heterocycles. The first-order valence-corrected chi connectivity index (χ1v) is 8.46. The largest absolute Gasteiger partial charge is 0.489 e. The van der Waals surface area contributed by atoms with E-state index in [2.05, 4.69) is 10.3 Å². The van der Waals surface area contributed by atoms with Crippen LogP contribution in [0.2, 0.25) is 0 Å². The van der Waals surface area contributed by atoms with Crippen LogP contribution in [0.5, 0.6) is 5.75 Å². The minimum absolute atomic E-state index is 0.101. The molecule has 1 heterocycles. The number of carbonyl (C=O) groups is 1. The van der Waals surface area contributed by atoms with E-state index in [1.807, 2.05) is 50.4 Å². The zero-order valence-electron chi connectivity index (χ0n) is 14.0. The third kappa shape index (κ3) is 5.25. The van der Waals surface area contributed by atoms with Crippen molar-refractivity contribution in [3.05, 3.63) is 45.9 Å². The Hall–Kier alpha value is -2.08. The predicted molar refractivity (Wildman–Crippen MR) is 93.0 cm³/mol. The van der Waals surface area contributed by atoms with Crippen molar-refractivity contribution in [2.24, 2.45) is 0 Å². The van der Waals surface area contributed by atoms with Crippen molar-refractivity contribution >= 4 is 17.4 Å². The number of amides is 2. The molecule has 1 atom stereocenters. The van der Waals surface area contributed by atoms with E-state index in [9.17, 15) is 4.79 Å². The Labute approximate surface area is 141 Å². The third-order valence-corrected chi connectivity index (χ3v) is 4.30. The molecule has 2 amide bonds. The molecule has 2 rings (SSSR count). The van der Waals surface area contributed by atoms with Gasteiger partial charge in [-0.1, -0.05) is 18.2 Å². The number of hydrogen-bond acceptors (Lipinski definition) is 4. The van der Waals surface area contributed by atoms with Gasteiger partial charge in [0.25, 0.3) is 0 Å². The fraction of sp³-hybridized carbons (Fsp3) is 0.412. The maximum Gasteiger partial charge on any atom is 0.317 e. The number of aryl methyl sites for hydroxylation is 2. The molecule has 0 unspecified atom stereocenters. The summed E-state index contributed by atoms with van der Waals surface area (Å²) < 4.78 is 5.85. The Morgan fingerprint density at radius 2 is 2.13 bits per heavy atom. The first-order chi connectivity index (χ1) is 11.0. The molecule has 0 saturated heterocycles. The second-order valence-electron chi connectivity index (χ2n) is 5.62. The van der Waals surface area contributed by atoms with Crippen LogP contribution in [0.4, 0.5) is 4.79 Å². The highest BCUT2D eigenvalue weighted by Crippen LogP contribution is 2.17. The highest BCUT2D eigenvalue weighted by atomic mass is 32.1. The van der Waals surface area contributed by atoms with Crippen LogP contribution in [0.1, 0.15) is 23.2 Å². The van der Waals surface area contributed by atoms with Gasteiger partial charge in [-0.05, 0) is 32.4 Å². The topological polar surface area (TPSA) is 54.5 Å². The zero-order valence-corrected chi connectivity index (χ0v) is 14.8. The Morgan fingerprint density at radius 3 is 2.78 bits per heavy atom. The molecule has 6 heteroatoms. The van der Waals surface area contributed by atoms with Crippen molar-refractivity contribution < 1.29 is 9.53 Å². The number of ether oxygens (including phenoxy) is 1. The minimum atomic E-state index is -0.127. The smallest absolute Gasteiger partial charge is 0.317 e. The van der Waals surface area contributed by atoms with Gasteiger partial charge in [0.15, 0.2) is 0 Å². The van der Waals surface area contributed by atoms with Gasteiger partial charge in [-0.3, -0.25) is 0 Å². The SMILES string of the molecule is Cc1csc(CN(C)C(=O)NC[C@@H](C)Oc2ccccc2C)n1. The molecule has 23 heavy (non-hydrogen) atoms. The van der Waals surface area contributed by atoms with E-state index < -0.39 is 0 Å². The Balaban J connectivity index is 1.78. The first-order valence-electron chi connectivity index (χ1n) is 7.58. The van der Waals surface area contributed by atoms with Crippen molar-refractivity contribution in [1.29, 1.82) is 0 Å². The lowest BCUT2D eigenvalue weighted by atomic mass is 10.2. The van der Waals surface area contributed by atoms with Gasteiger partial charge in [-0.2, -0.15) is 0 Å². The van der Waals surface area contributed by atoms with E-state index >= 15 is 0 Å². The zero-order chi connectivity index (χ0) is 16.8. The first kappa shape index (κ1) is 17.3. The van der Waals surface area contributed by atoms with Gasteiger partial charge in [0.05, 0.1) is 13.1 Å². The van der Waals surface area contributed by atoms with Crippen LogP contribution < -0.4 is 10.1 Å². The Bertz CT molecular complexity index is 657. The number of urea groups is 1. The maximum absolute atomic E-state index is 12.1. The molecule has 0 bridgehead atoms. The van der Waals surface area contributed by atoms with Crippen molar-refractivity contribution in [3.63, 3.8) is 0 Å². The number of carbonyl (C=O) groups excluding carboxylic acids is 1. The number of thiazole rings is 1. The molecular formula is C17H23N3O2S.